The first-order valence-electron chi connectivity index (χ1n) is 7.27. The van der Waals surface area contributed by atoms with Crippen molar-refractivity contribution in [2.24, 2.45) is 5.92 Å². The Morgan fingerprint density at radius 3 is 2.65 bits per heavy atom. The highest BCUT2D eigenvalue weighted by Crippen LogP contribution is 2.37. The van der Waals surface area contributed by atoms with Gasteiger partial charge in [-0.15, -0.1) is 11.3 Å². The van der Waals surface area contributed by atoms with Crippen LogP contribution in [0.2, 0.25) is 0 Å². The molecule has 1 aromatic heterocycles. The summed E-state index contributed by atoms with van der Waals surface area (Å²) in [5.41, 5.74) is 0. The number of aromatic nitrogens is 1. The third-order valence-corrected chi connectivity index (χ3v) is 5.05. The van der Waals surface area contributed by atoms with E-state index in [-0.39, 0.29) is 6.04 Å². The number of alkyl halides is 3. The molecule has 0 aliphatic heterocycles. The van der Waals surface area contributed by atoms with E-state index in [4.69, 9.17) is 0 Å². The standard InChI is InChI=1S/C14H21F3N2S/c1-2-18-11(8-7-10-5-3-4-6-10)12-9-19-13(20-12)14(15,16)17/h9-11,18H,2-8H2,1H3. The Morgan fingerprint density at radius 1 is 1.40 bits per heavy atom. The van der Waals surface area contributed by atoms with Crippen LogP contribution in [0.25, 0.3) is 0 Å². The molecule has 1 saturated carbocycles. The quantitative estimate of drug-likeness (QED) is 0.818. The van der Waals surface area contributed by atoms with Crippen LogP contribution in [0.15, 0.2) is 6.20 Å². The molecular formula is C14H21F3N2S. The number of hydrogen-bond donors (Lipinski definition) is 1. The topological polar surface area (TPSA) is 24.9 Å². The molecule has 1 aromatic rings. The lowest BCUT2D eigenvalue weighted by molar-refractivity contribution is -0.137. The number of halogens is 3. The van der Waals surface area contributed by atoms with Crippen molar-refractivity contribution in [3.8, 4) is 0 Å². The van der Waals surface area contributed by atoms with Gasteiger partial charge < -0.3 is 5.32 Å². The molecule has 6 heteroatoms. The van der Waals surface area contributed by atoms with Gasteiger partial charge in [-0.1, -0.05) is 32.6 Å². The molecule has 0 saturated heterocycles. The fourth-order valence-electron chi connectivity index (χ4n) is 2.87. The van der Waals surface area contributed by atoms with Crippen LogP contribution in [-0.2, 0) is 6.18 Å². The monoisotopic (exact) mass is 306 g/mol. The summed E-state index contributed by atoms with van der Waals surface area (Å²) in [5.74, 6) is 0.756. The normalized spacial score (nSPS) is 18.6. The molecule has 1 unspecified atom stereocenters. The fraction of sp³-hybridized carbons (Fsp3) is 0.786. The largest absolute Gasteiger partial charge is 0.443 e. The molecule has 1 atom stereocenters. The molecule has 0 spiro atoms. The van der Waals surface area contributed by atoms with Gasteiger partial charge >= 0.3 is 6.18 Å². The summed E-state index contributed by atoms with van der Waals surface area (Å²) in [7, 11) is 0. The zero-order valence-electron chi connectivity index (χ0n) is 11.7. The highest BCUT2D eigenvalue weighted by molar-refractivity contribution is 7.11. The lowest BCUT2D eigenvalue weighted by atomic mass is 9.98. The molecule has 2 rings (SSSR count). The van der Waals surface area contributed by atoms with Gasteiger partial charge in [0.1, 0.15) is 0 Å². The SMILES string of the molecule is CCNC(CCC1CCCC1)c1cnc(C(F)(F)F)s1. The third-order valence-electron chi connectivity index (χ3n) is 3.90. The fourth-order valence-corrected chi connectivity index (χ4v) is 3.76. The molecule has 0 aromatic carbocycles. The van der Waals surface area contributed by atoms with Gasteiger partial charge in [-0.05, 0) is 25.3 Å². The van der Waals surface area contributed by atoms with Gasteiger partial charge in [-0.2, -0.15) is 13.2 Å². The second-order valence-electron chi connectivity index (χ2n) is 5.40. The maximum Gasteiger partial charge on any atom is 0.443 e. The van der Waals surface area contributed by atoms with E-state index < -0.39 is 11.2 Å². The molecule has 1 heterocycles. The van der Waals surface area contributed by atoms with Crippen molar-refractivity contribution in [3.63, 3.8) is 0 Å². The molecule has 1 aliphatic rings. The summed E-state index contributed by atoms with van der Waals surface area (Å²) in [6, 6.07) is 0.00852. The van der Waals surface area contributed by atoms with E-state index >= 15 is 0 Å². The summed E-state index contributed by atoms with van der Waals surface area (Å²) < 4.78 is 37.8. The predicted molar refractivity (Wildman–Crippen MR) is 74.7 cm³/mol. The van der Waals surface area contributed by atoms with Crippen molar-refractivity contribution in [1.29, 1.82) is 0 Å². The van der Waals surface area contributed by atoms with E-state index in [0.717, 1.165) is 36.6 Å². The number of thiazole rings is 1. The predicted octanol–water partition coefficient (Wildman–Crippen LogP) is 4.78. The average Bonchev–Trinajstić information content (AvgIpc) is 3.04. The van der Waals surface area contributed by atoms with Crippen LogP contribution in [0.5, 0.6) is 0 Å². The highest BCUT2D eigenvalue weighted by Gasteiger charge is 2.35. The Balaban J connectivity index is 1.97. The first-order chi connectivity index (χ1) is 9.50. The van der Waals surface area contributed by atoms with Crippen molar-refractivity contribution in [2.45, 2.75) is 57.7 Å². The first-order valence-corrected chi connectivity index (χ1v) is 8.08. The first kappa shape index (κ1) is 15.8. The van der Waals surface area contributed by atoms with Crippen molar-refractivity contribution in [2.75, 3.05) is 6.54 Å². The highest BCUT2D eigenvalue weighted by atomic mass is 32.1. The van der Waals surface area contributed by atoms with Crippen LogP contribution in [0, 0.1) is 5.92 Å². The van der Waals surface area contributed by atoms with E-state index in [0.29, 0.717) is 4.88 Å². The van der Waals surface area contributed by atoms with Gasteiger partial charge in [-0.25, -0.2) is 4.98 Å². The zero-order valence-corrected chi connectivity index (χ0v) is 12.5. The van der Waals surface area contributed by atoms with Crippen molar-refractivity contribution >= 4 is 11.3 Å². The van der Waals surface area contributed by atoms with Crippen molar-refractivity contribution in [3.05, 3.63) is 16.1 Å². The molecule has 0 radical (unpaired) electrons. The summed E-state index contributed by atoms with van der Waals surface area (Å²) in [6.07, 6.45) is 4.20. The maximum absolute atomic E-state index is 12.6. The van der Waals surface area contributed by atoms with Gasteiger partial charge in [-0.3, -0.25) is 0 Å². The summed E-state index contributed by atoms with van der Waals surface area (Å²) in [6.45, 7) is 2.74. The third kappa shape index (κ3) is 4.19. The number of rotatable bonds is 6. The van der Waals surface area contributed by atoms with E-state index in [1.807, 2.05) is 6.92 Å². The van der Waals surface area contributed by atoms with Crippen molar-refractivity contribution < 1.29 is 13.2 Å². The van der Waals surface area contributed by atoms with Crippen LogP contribution < -0.4 is 5.32 Å². The maximum atomic E-state index is 12.6. The second kappa shape index (κ2) is 6.89. The Hall–Kier alpha value is -0.620. The van der Waals surface area contributed by atoms with Gasteiger partial charge in [0.2, 0.25) is 0 Å². The van der Waals surface area contributed by atoms with Gasteiger partial charge in [0, 0.05) is 17.1 Å². The molecule has 1 aliphatic carbocycles. The Bertz CT molecular complexity index is 411. The lowest BCUT2D eigenvalue weighted by Gasteiger charge is -2.18. The molecule has 0 amide bonds. The van der Waals surface area contributed by atoms with Gasteiger partial charge in [0.25, 0.3) is 0 Å². The Kier molecular flexibility index (Phi) is 5.43. The lowest BCUT2D eigenvalue weighted by Crippen LogP contribution is -2.20. The number of nitrogens with one attached hydrogen (secondary N) is 1. The smallest absolute Gasteiger partial charge is 0.309 e. The van der Waals surface area contributed by atoms with Gasteiger partial charge in [0.15, 0.2) is 5.01 Å². The average molecular weight is 306 g/mol. The molecule has 1 fully saturated rings. The van der Waals surface area contributed by atoms with Gasteiger partial charge in [0.05, 0.1) is 0 Å². The molecule has 0 bridgehead atoms. The Labute approximate surface area is 121 Å². The van der Waals surface area contributed by atoms with Crippen LogP contribution in [-0.4, -0.2) is 11.5 Å². The van der Waals surface area contributed by atoms with Crippen LogP contribution >= 0.6 is 11.3 Å². The van der Waals surface area contributed by atoms with Crippen LogP contribution in [0.3, 0.4) is 0 Å². The summed E-state index contributed by atoms with van der Waals surface area (Å²) in [5, 5.41) is 2.55. The minimum atomic E-state index is -4.33. The molecule has 2 nitrogen and oxygen atoms in total. The zero-order chi connectivity index (χ0) is 14.6. The summed E-state index contributed by atoms with van der Waals surface area (Å²) >= 11 is 0.772. The minimum absolute atomic E-state index is 0.00852. The van der Waals surface area contributed by atoms with Crippen LogP contribution in [0.1, 0.15) is 61.4 Å². The number of nitrogens with zero attached hydrogens (tertiary/aromatic N) is 1. The van der Waals surface area contributed by atoms with Crippen molar-refractivity contribution in [1.82, 2.24) is 10.3 Å². The minimum Gasteiger partial charge on any atom is -0.309 e. The van der Waals surface area contributed by atoms with E-state index in [1.54, 1.807) is 0 Å². The Morgan fingerprint density at radius 2 is 2.10 bits per heavy atom. The molecular weight excluding hydrogens is 285 g/mol. The van der Waals surface area contributed by atoms with Crippen LogP contribution in [0.4, 0.5) is 13.2 Å². The summed E-state index contributed by atoms with van der Waals surface area (Å²) in [4.78, 5) is 4.23. The van der Waals surface area contributed by atoms with E-state index in [9.17, 15) is 13.2 Å². The van der Waals surface area contributed by atoms with E-state index in [2.05, 4.69) is 10.3 Å². The molecule has 1 N–H and O–H groups in total. The number of hydrogen-bond acceptors (Lipinski definition) is 3. The van der Waals surface area contributed by atoms with E-state index in [1.165, 1.54) is 31.9 Å². The second-order valence-corrected chi connectivity index (χ2v) is 6.47. The molecule has 114 valence electrons. The molecule has 20 heavy (non-hydrogen) atoms.